The van der Waals surface area contributed by atoms with Gasteiger partial charge in [0, 0.05) is 5.57 Å². The molecule has 2 aromatic rings. The third-order valence-corrected chi connectivity index (χ3v) is 14.6. The highest BCUT2D eigenvalue weighted by atomic mass is 32.2. The molecule has 2 atom stereocenters. The number of unbranched alkanes of at least 4 members (excludes halogenated alkanes) is 12. The number of benzene rings is 2. The number of rotatable bonds is 30. The van der Waals surface area contributed by atoms with Crippen LogP contribution in [0.15, 0.2) is 82.1 Å². The molecule has 0 heterocycles. The summed E-state index contributed by atoms with van der Waals surface area (Å²) in [6.07, 6.45) is 22.4. The molecule has 0 saturated heterocycles. The summed E-state index contributed by atoms with van der Waals surface area (Å²) in [7, 11) is -4.24. The van der Waals surface area contributed by atoms with Gasteiger partial charge in [0.2, 0.25) is 0 Å². The van der Waals surface area contributed by atoms with Crippen LogP contribution in [-0.4, -0.2) is 90.9 Å². The van der Waals surface area contributed by atoms with Gasteiger partial charge in [0.25, 0.3) is 20.2 Å². The zero-order valence-corrected chi connectivity index (χ0v) is 39.3. The Morgan fingerprint density at radius 1 is 0.552 bits per heavy atom. The van der Waals surface area contributed by atoms with E-state index < -0.39 is 31.9 Å². The van der Waals surface area contributed by atoms with Crippen LogP contribution in [0.5, 0.6) is 0 Å². The molecule has 2 unspecified atom stereocenters. The highest BCUT2D eigenvalue weighted by molar-refractivity contribution is 7.87. The second-order valence-corrected chi connectivity index (χ2v) is 21.0. The molecule has 0 amide bonds. The quantitative estimate of drug-likeness (QED) is 0.0442. The van der Waals surface area contributed by atoms with Gasteiger partial charge in [0.1, 0.15) is 19.2 Å². The van der Waals surface area contributed by atoms with Crippen LogP contribution in [0.3, 0.4) is 0 Å². The third-order valence-electron chi connectivity index (χ3n) is 11.9. The Morgan fingerprint density at radius 3 is 1.36 bits per heavy atom. The topological polar surface area (TPSA) is 86.7 Å². The van der Waals surface area contributed by atoms with E-state index in [0.717, 1.165) is 112 Å². The lowest BCUT2D eigenvalue weighted by Crippen LogP contribution is -2.61. The SMILES string of the molecule is CCCCCC[N+](C)(CCCCCC)CC1=CC(OS(=O)(=O)c2ccc(C)cc2)C(C[N+](C)(CCCCCC)CCCCCC)(OS(=O)(=O)c2ccc(C)cc2)C=C1. The van der Waals surface area contributed by atoms with Crippen molar-refractivity contribution in [3.05, 3.63) is 83.5 Å². The molecule has 58 heavy (non-hydrogen) atoms. The molecule has 8 nitrogen and oxygen atoms in total. The Hall–Kier alpha value is -2.34. The van der Waals surface area contributed by atoms with Gasteiger partial charge in [0.15, 0.2) is 5.60 Å². The van der Waals surface area contributed by atoms with Crippen molar-refractivity contribution >= 4 is 20.2 Å². The minimum atomic E-state index is -4.38. The first-order valence-electron chi connectivity index (χ1n) is 22.6. The highest BCUT2D eigenvalue weighted by Crippen LogP contribution is 2.37. The van der Waals surface area contributed by atoms with Crippen LogP contribution in [0.2, 0.25) is 0 Å². The Labute approximate surface area is 355 Å². The molecule has 0 aromatic heterocycles. The summed E-state index contributed by atoms with van der Waals surface area (Å²) in [5, 5.41) is 0. The average molecular weight is 845 g/mol. The molecular formula is C48H80N2O6S2+2. The summed E-state index contributed by atoms with van der Waals surface area (Å²) in [4.78, 5) is 0.0611. The smallest absolute Gasteiger partial charge is 0.298 e. The standard InChI is InChI=1S/C48H80N2O6S2/c1-9-13-17-21-35-49(7,36-22-18-14-10-2)40-44-33-34-48(56-58(53,54)46-31-27-43(6)28-32-46,41-50(8,37-23-19-15-11-3)38-24-20-16-12-4)47(39-44)55-57(51,52)45-29-25-42(5)26-30-45/h25-34,39,47H,9-24,35-38,40-41H2,1-8H3/q+2. The van der Waals surface area contributed by atoms with E-state index in [-0.39, 0.29) is 16.3 Å². The lowest BCUT2D eigenvalue weighted by atomic mass is 9.87. The largest absolute Gasteiger partial charge is 0.323 e. The average Bonchev–Trinajstić information content (AvgIpc) is 3.17. The molecular weight excluding hydrogens is 765 g/mol. The number of hydrogen-bond acceptors (Lipinski definition) is 6. The predicted molar refractivity (Wildman–Crippen MR) is 241 cm³/mol. The van der Waals surface area contributed by atoms with Crippen LogP contribution in [0.25, 0.3) is 0 Å². The summed E-state index contributed by atoms with van der Waals surface area (Å²) in [6.45, 7) is 17.2. The first kappa shape index (κ1) is 50.0. The number of aryl methyl sites for hydroxylation is 2. The van der Waals surface area contributed by atoms with Crippen molar-refractivity contribution in [2.75, 3.05) is 53.4 Å². The van der Waals surface area contributed by atoms with Gasteiger partial charge in [-0.15, -0.1) is 0 Å². The summed E-state index contributed by atoms with van der Waals surface area (Å²) in [6, 6.07) is 13.3. The van der Waals surface area contributed by atoms with Crippen LogP contribution in [0.4, 0.5) is 0 Å². The molecule has 1 aliphatic rings. The second kappa shape index (κ2) is 24.2. The van der Waals surface area contributed by atoms with Gasteiger partial charge in [-0.25, -0.2) is 4.18 Å². The number of likely N-dealkylation sites (N-methyl/N-ethyl adjacent to an activating group) is 2. The van der Waals surface area contributed by atoms with Crippen molar-refractivity contribution in [1.29, 1.82) is 0 Å². The van der Waals surface area contributed by atoms with E-state index in [4.69, 9.17) is 8.37 Å². The monoisotopic (exact) mass is 845 g/mol. The van der Waals surface area contributed by atoms with Crippen molar-refractivity contribution in [1.82, 2.24) is 0 Å². The molecule has 0 N–H and O–H groups in total. The summed E-state index contributed by atoms with van der Waals surface area (Å²) in [5.41, 5.74) is 1.14. The van der Waals surface area contributed by atoms with E-state index in [2.05, 4.69) is 41.8 Å². The van der Waals surface area contributed by atoms with Crippen molar-refractivity contribution in [3.8, 4) is 0 Å². The van der Waals surface area contributed by atoms with Gasteiger partial charge < -0.3 is 8.97 Å². The van der Waals surface area contributed by atoms with E-state index in [1.807, 2.05) is 32.1 Å². The van der Waals surface area contributed by atoms with Crippen LogP contribution < -0.4 is 0 Å². The fourth-order valence-electron chi connectivity index (χ4n) is 8.31. The Bertz CT molecular complexity index is 1750. The molecule has 328 valence electrons. The maximum Gasteiger partial charge on any atom is 0.298 e. The summed E-state index contributed by atoms with van der Waals surface area (Å²) < 4.78 is 71.9. The van der Waals surface area contributed by atoms with Crippen LogP contribution in [0.1, 0.15) is 142 Å². The van der Waals surface area contributed by atoms with Gasteiger partial charge in [-0.1, -0.05) is 121 Å². The van der Waals surface area contributed by atoms with Gasteiger partial charge in [-0.3, -0.25) is 4.18 Å². The van der Waals surface area contributed by atoms with E-state index in [9.17, 15) is 16.8 Å². The second-order valence-electron chi connectivity index (χ2n) is 17.9. The first-order chi connectivity index (χ1) is 27.5. The maximum absolute atomic E-state index is 14.5. The van der Waals surface area contributed by atoms with Gasteiger partial charge >= 0.3 is 0 Å². The van der Waals surface area contributed by atoms with Crippen molar-refractivity contribution < 1.29 is 34.2 Å². The van der Waals surface area contributed by atoms with Crippen molar-refractivity contribution in [3.63, 3.8) is 0 Å². The van der Waals surface area contributed by atoms with E-state index >= 15 is 0 Å². The third kappa shape index (κ3) is 16.3. The van der Waals surface area contributed by atoms with Crippen LogP contribution >= 0.6 is 0 Å². The Balaban J connectivity index is 2.22. The lowest BCUT2D eigenvalue weighted by Gasteiger charge is -2.45. The van der Waals surface area contributed by atoms with Gasteiger partial charge in [0.05, 0.1) is 50.1 Å². The molecule has 0 bridgehead atoms. The molecule has 0 fully saturated rings. The number of quaternary nitrogens is 2. The van der Waals surface area contributed by atoms with E-state index in [0.29, 0.717) is 11.0 Å². The predicted octanol–water partition coefficient (Wildman–Crippen LogP) is 11.2. The normalized spacial score (nSPS) is 17.8. The lowest BCUT2D eigenvalue weighted by molar-refractivity contribution is -0.915. The van der Waals surface area contributed by atoms with Crippen molar-refractivity contribution in [2.24, 2.45) is 0 Å². The molecule has 2 aromatic carbocycles. The molecule has 0 radical (unpaired) electrons. The molecule has 10 heteroatoms. The maximum atomic E-state index is 14.5. The van der Waals surface area contributed by atoms with Crippen LogP contribution in [-0.2, 0) is 28.6 Å². The Morgan fingerprint density at radius 2 is 0.948 bits per heavy atom. The van der Waals surface area contributed by atoms with Gasteiger partial charge in [-0.05, 0) is 102 Å². The zero-order chi connectivity index (χ0) is 42.7. The first-order valence-corrected chi connectivity index (χ1v) is 25.5. The van der Waals surface area contributed by atoms with Crippen molar-refractivity contribution in [2.45, 2.75) is 166 Å². The van der Waals surface area contributed by atoms with Crippen LogP contribution in [0, 0.1) is 13.8 Å². The molecule has 1 aliphatic carbocycles. The minimum Gasteiger partial charge on any atom is -0.323 e. The molecule has 0 aliphatic heterocycles. The number of nitrogens with zero attached hydrogens (tertiary/aromatic N) is 2. The molecule has 3 rings (SSSR count). The highest BCUT2D eigenvalue weighted by Gasteiger charge is 2.51. The van der Waals surface area contributed by atoms with E-state index in [1.165, 1.54) is 38.5 Å². The summed E-state index contributed by atoms with van der Waals surface area (Å²) >= 11 is 0. The Kier molecular flexibility index (Phi) is 20.9. The van der Waals surface area contributed by atoms with E-state index in [1.54, 1.807) is 48.5 Å². The number of hydrogen-bond donors (Lipinski definition) is 0. The minimum absolute atomic E-state index is 0.0294. The molecule has 0 spiro atoms. The fourth-order valence-corrected chi connectivity index (χ4v) is 10.6. The molecule has 0 saturated carbocycles. The fraction of sp³-hybridized carbons (Fsp3) is 0.667. The summed E-state index contributed by atoms with van der Waals surface area (Å²) in [5.74, 6) is 0. The zero-order valence-electron chi connectivity index (χ0n) is 37.6. The van der Waals surface area contributed by atoms with Gasteiger partial charge in [-0.2, -0.15) is 16.8 Å².